The molecule has 1 aromatic rings. The zero-order valence-corrected chi connectivity index (χ0v) is 12.1. The zero-order chi connectivity index (χ0) is 14.9. The third-order valence-corrected chi connectivity index (χ3v) is 3.40. The molecule has 0 radical (unpaired) electrons. The van der Waals surface area contributed by atoms with Crippen LogP contribution in [-0.2, 0) is 4.79 Å². The standard InChI is InChI=1S/C16H18N2O2/c1-9-5-11(6-10(2)15(9)19)12-7-13(17-3)16(20)14(8-12)18-4/h5-8,17,19H,1-4H3. The van der Waals surface area contributed by atoms with E-state index in [1.165, 1.54) is 0 Å². The Morgan fingerprint density at radius 3 is 2.25 bits per heavy atom. The van der Waals surface area contributed by atoms with Crippen molar-refractivity contribution in [2.24, 2.45) is 4.99 Å². The van der Waals surface area contributed by atoms with Gasteiger partial charge in [-0.25, -0.2) is 0 Å². The Kier molecular flexibility index (Phi) is 3.74. The highest BCUT2D eigenvalue weighted by Gasteiger charge is 2.20. The van der Waals surface area contributed by atoms with Crippen LogP contribution in [0.15, 0.2) is 35.0 Å². The van der Waals surface area contributed by atoms with Gasteiger partial charge in [-0.2, -0.15) is 0 Å². The summed E-state index contributed by atoms with van der Waals surface area (Å²) < 4.78 is 0. The second-order valence-corrected chi connectivity index (χ2v) is 4.80. The number of aromatic hydroxyl groups is 1. The third kappa shape index (κ3) is 2.37. The summed E-state index contributed by atoms with van der Waals surface area (Å²) in [5.41, 5.74) is 4.43. The van der Waals surface area contributed by atoms with E-state index in [1.807, 2.05) is 32.1 Å². The quantitative estimate of drug-likeness (QED) is 0.809. The molecule has 0 aliphatic heterocycles. The molecule has 0 bridgehead atoms. The predicted octanol–water partition coefficient (Wildman–Crippen LogP) is 2.15. The maximum atomic E-state index is 12.0. The number of phenols is 1. The van der Waals surface area contributed by atoms with Gasteiger partial charge in [-0.1, -0.05) is 0 Å². The smallest absolute Gasteiger partial charge is 0.226 e. The van der Waals surface area contributed by atoms with E-state index in [9.17, 15) is 9.90 Å². The molecule has 0 saturated heterocycles. The molecule has 2 rings (SSSR count). The molecule has 104 valence electrons. The molecule has 0 heterocycles. The van der Waals surface area contributed by atoms with E-state index in [-0.39, 0.29) is 5.78 Å². The molecule has 0 aromatic heterocycles. The minimum Gasteiger partial charge on any atom is -0.507 e. The molecule has 2 N–H and O–H groups in total. The van der Waals surface area contributed by atoms with Gasteiger partial charge in [-0.05, 0) is 60.4 Å². The van der Waals surface area contributed by atoms with Crippen molar-refractivity contribution in [2.45, 2.75) is 13.8 Å². The molecule has 0 amide bonds. The minimum absolute atomic E-state index is 0.106. The molecular weight excluding hydrogens is 252 g/mol. The molecule has 0 unspecified atom stereocenters. The molecule has 0 spiro atoms. The summed E-state index contributed by atoms with van der Waals surface area (Å²) in [6.45, 7) is 3.72. The van der Waals surface area contributed by atoms with Crippen LogP contribution < -0.4 is 5.32 Å². The number of nitrogens with zero attached hydrogens (tertiary/aromatic N) is 1. The van der Waals surface area contributed by atoms with Gasteiger partial charge >= 0.3 is 0 Å². The highest BCUT2D eigenvalue weighted by atomic mass is 16.3. The highest BCUT2D eigenvalue weighted by molar-refractivity contribution is 6.52. The van der Waals surface area contributed by atoms with Crippen molar-refractivity contribution in [3.63, 3.8) is 0 Å². The molecule has 1 aromatic carbocycles. The van der Waals surface area contributed by atoms with Crippen molar-refractivity contribution in [1.82, 2.24) is 5.32 Å². The van der Waals surface area contributed by atoms with Crippen LogP contribution in [0.2, 0.25) is 0 Å². The maximum Gasteiger partial charge on any atom is 0.226 e. The number of hydrogen-bond acceptors (Lipinski definition) is 4. The number of Topliss-reactive ketones (excluding diaryl/α,β-unsaturated/α-hetero) is 1. The lowest BCUT2D eigenvalue weighted by Gasteiger charge is -2.15. The molecule has 4 heteroatoms. The van der Waals surface area contributed by atoms with Gasteiger partial charge in [0.2, 0.25) is 5.78 Å². The number of allylic oxidation sites excluding steroid dienone is 4. The van der Waals surface area contributed by atoms with Crippen molar-refractivity contribution < 1.29 is 9.90 Å². The van der Waals surface area contributed by atoms with Crippen LogP contribution in [0.1, 0.15) is 16.7 Å². The average molecular weight is 270 g/mol. The molecule has 0 saturated carbocycles. The van der Waals surface area contributed by atoms with E-state index >= 15 is 0 Å². The second kappa shape index (κ2) is 5.33. The van der Waals surface area contributed by atoms with E-state index in [0.717, 1.165) is 22.3 Å². The number of nitrogens with one attached hydrogen (secondary N) is 1. The molecule has 20 heavy (non-hydrogen) atoms. The lowest BCUT2D eigenvalue weighted by Crippen LogP contribution is -2.25. The molecule has 4 nitrogen and oxygen atoms in total. The number of hydrogen-bond donors (Lipinski definition) is 2. The number of ketones is 1. The van der Waals surface area contributed by atoms with E-state index in [0.29, 0.717) is 17.2 Å². The summed E-state index contributed by atoms with van der Waals surface area (Å²) in [6, 6.07) is 3.81. The number of benzene rings is 1. The normalized spacial score (nSPS) is 17.0. The van der Waals surface area contributed by atoms with Crippen molar-refractivity contribution in [1.29, 1.82) is 0 Å². The largest absolute Gasteiger partial charge is 0.507 e. The molecule has 0 atom stereocenters. The van der Waals surface area contributed by atoms with Gasteiger partial charge in [-0.15, -0.1) is 0 Å². The van der Waals surface area contributed by atoms with Crippen LogP contribution in [0, 0.1) is 13.8 Å². The highest BCUT2D eigenvalue weighted by Crippen LogP contribution is 2.29. The zero-order valence-electron chi connectivity index (χ0n) is 12.1. The van der Waals surface area contributed by atoms with E-state index < -0.39 is 0 Å². The minimum atomic E-state index is -0.106. The first-order chi connectivity index (χ1) is 9.47. The van der Waals surface area contributed by atoms with Gasteiger partial charge in [0, 0.05) is 14.1 Å². The van der Waals surface area contributed by atoms with Gasteiger partial charge in [-0.3, -0.25) is 9.79 Å². The Morgan fingerprint density at radius 1 is 1.15 bits per heavy atom. The number of rotatable bonds is 2. The SMILES string of the molecule is CN=C1C=C(c2cc(C)c(O)c(C)c2)C=C(NC)C1=O. The first-order valence-corrected chi connectivity index (χ1v) is 6.41. The van der Waals surface area contributed by atoms with Crippen molar-refractivity contribution >= 4 is 17.1 Å². The van der Waals surface area contributed by atoms with E-state index in [4.69, 9.17) is 0 Å². The van der Waals surface area contributed by atoms with Crippen LogP contribution >= 0.6 is 0 Å². The number of carbonyl (C=O) groups is 1. The van der Waals surface area contributed by atoms with Crippen LogP contribution in [0.3, 0.4) is 0 Å². The van der Waals surface area contributed by atoms with Crippen LogP contribution in [-0.4, -0.2) is 30.7 Å². The maximum absolute atomic E-state index is 12.0. The lowest BCUT2D eigenvalue weighted by atomic mass is 9.93. The molecule has 1 aliphatic rings. The summed E-state index contributed by atoms with van der Waals surface area (Å²) in [5, 5.41) is 12.7. The molecule has 1 aliphatic carbocycles. The first kappa shape index (κ1) is 14.1. The Hall–Kier alpha value is -2.36. The summed E-state index contributed by atoms with van der Waals surface area (Å²) in [7, 11) is 3.32. The van der Waals surface area contributed by atoms with Gasteiger partial charge in [0.25, 0.3) is 0 Å². The van der Waals surface area contributed by atoms with Gasteiger partial charge in [0.05, 0.1) is 5.70 Å². The fourth-order valence-electron chi connectivity index (χ4n) is 2.25. The van der Waals surface area contributed by atoms with Gasteiger partial charge in [0.1, 0.15) is 11.5 Å². The Balaban J connectivity index is 2.57. The Morgan fingerprint density at radius 2 is 1.75 bits per heavy atom. The number of carbonyl (C=O) groups excluding carboxylic acids is 1. The number of phenolic OH excluding ortho intramolecular Hbond substituents is 1. The number of likely N-dealkylation sites (N-methyl/N-ethyl adjacent to an activating group) is 1. The summed E-state index contributed by atoms with van der Waals surface area (Å²) >= 11 is 0. The van der Waals surface area contributed by atoms with Crippen LogP contribution in [0.5, 0.6) is 5.75 Å². The summed E-state index contributed by atoms with van der Waals surface area (Å²) in [4.78, 5) is 16.0. The van der Waals surface area contributed by atoms with Crippen LogP contribution in [0.4, 0.5) is 0 Å². The van der Waals surface area contributed by atoms with Crippen molar-refractivity contribution in [2.75, 3.05) is 14.1 Å². The monoisotopic (exact) mass is 270 g/mol. The summed E-state index contributed by atoms with van der Waals surface area (Å²) in [6.07, 6.45) is 3.58. The third-order valence-electron chi connectivity index (χ3n) is 3.40. The van der Waals surface area contributed by atoms with Crippen molar-refractivity contribution in [3.8, 4) is 5.75 Å². The van der Waals surface area contributed by atoms with Crippen molar-refractivity contribution in [3.05, 3.63) is 46.7 Å². The molecular formula is C16H18N2O2. The molecule has 0 fully saturated rings. The van der Waals surface area contributed by atoms with E-state index in [1.54, 1.807) is 20.2 Å². The van der Waals surface area contributed by atoms with Gasteiger partial charge in [0.15, 0.2) is 0 Å². The van der Waals surface area contributed by atoms with Gasteiger partial charge < -0.3 is 10.4 Å². The Labute approximate surface area is 118 Å². The topological polar surface area (TPSA) is 61.7 Å². The second-order valence-electron chi connectivity index (χ2n) is 4.80. The predicted molar refractivity (Wildman–Crippen MR) is 81.1 cm³/mol. The lowest BCUT2D eigenvalue weighted by molar-refractivity contribution is -0.110. The fourth-order valence-corrected chi connectivity index (χ4v) is 2.25. The fraction of sp³-hybridized carbons (Fsp3) is 0.250. The number of aryl methyl sites for hydroxylation is 2. The number of aliphatic imine (C=N–C) groups is 1. The Bertz CT molecular complexity index is 644. The average Bonchev–Trinajstić information content (AvgIpc) is 2.44. The summed E-state index contributed by atoms with van der Waals surface area (Å²) in [5.74, 6) is 0.203. The van der Waals surface area contributed by atoms with Crippen LogP contribution in [0.25, 0.3) is 5.57 Å². The van der Waals surface area contributed by atoms with E-state index in [2.05, 4.69) is 10.3 Å². The first-order valence-electron chi connectivity index (χ1n) is 6.41.